The molecule has 1 N–H and O–H groups in total. The van der Waals surface area contributed by atoms with Gasteiger partial charge in [-0.3, -0.25) is 4.79 Å². The number of carbonyl (C=O) groups is 1. The minimum Gasteiger partial charge on any atom is -0.325 e. The average Bonchev–Trinajstić information content (AvgIpc) is 3.08. The molecule has 7 nitrogen and oxygen atoms in total. The van der Waals surface area contributed by atoms with Gasteiger partial charge in [-0.05, 0) is 55.5 Å². The molecule has 2 aromatic carbocycles. The molecule has 0 aliphatic rings. The lowest BCUT2D eigenvalue weighted by Crippen LogP contribution is -2.34. The minimum absolute atomic E-state index is 0.0726. The van der Waals surface area contributed by atoms with Crippen molar-refractivity contribution in [2.24, 2.45) is 0 Å². The smallest absolute Gasteiger partial charge is 0.243 e. The molecule has 1 aromatic heterocycles. The Hall–Kier alpha value is -2.68. The zero-order valence-corrected chi connectivity index (χ0v) is 16.9. The minimum atomic E-state index is -3.79. The van der Waals surface area contributed by atoms with Crippen molar-refractivity contribution in [3.05, 3.63) is 71.5 Å². The van der Waals surface area contributed by atoms with E-state index in [1.54, 1.807) is 29.1 Å². The molecule has 0 aliphatic heterocycles. The molecule has 0 saturated heterocycles. The second kappa shape index (κ2) is 8.14. The van der Waals surface area contributed by atoms with E-state index in [1.165, 1.54) is 31.3 Å². The topological polar surface area (TPSA) is 84.3 Å². The van der Waals surface area contributed by atoms with E-state index >= 15 is 0 Å². The Morgan fingerprint density at radius 1 is 1.18 bits per heavy atom. The molecule has 146 valence electrons. The highest BCUT2D eigenvalue weighted by Crippen LogP contribution is 2.18. The largest absolute Gasteiger partial charge is 0.325 e. The maximum Gasteiger partial charge on any atom is 0.243 e. The number of nitrogens with zero attached hydrogens (tertiary/aromatic N) is 3. The molecule has 0 saturated carbocycles. The molecule has 0 unspecified atom stereocenters. The van der Waals surface area contributed by atoms with Crippen molar-refractivity contribution < 1.29 is 13.2 Å². The standard InChI is InChI=1S/C19H19ClN4O3S/c1-14-10-11-21-24(14)17-5-3-4-16(12-17)22-19(25)13-23(2)28(26,27)18-8-6-15(20)7-9-18/h3-12H,13H2,1-2H3,(H,22,25). The molecule has 0 atom stereocenters. The van der Waals surface area contributed by atoms with Gasteiger partial charge in [0.05, 0.1) is 17.1 Å². The monoisotopic (exact) mass is 418 g/mol. The fourth-order valence-corrected chi connectivity index (χ4v) is 3.88. The van der Waals surface area contributed by atoms with Gasteiger partial charge in [-0.25, -0.2) is 13.1 Å². The van der Waals surface area contributed by atoms with Gasteiger partial charge in [-0.15, -0.1) is 0 Å². The fourth-order valence-electron chi connectivity index (χ4n) is 2.63. The number of hydrogen-bond acceptors (Lipinski definition) is 4. The van der Waals surface area contributed by atoms with Crippen LogP contribution in [0.5, 0.6) is 0 Å². The third kappa shape index (κ3) is 4.41. The van der Waals surface area contributed by atoms with Gasteiger partial charge >= 0.3 is 0 Å². The van der Waals surface area contributed by atoms with Gasteiger partial charge in [0.25, 0.3) is 0 Å². The van der Waals surface area contributed by atoms with Crippen molar-refractivity contribution in [1.29, 1.82) is 0 Å². The normalized spacial score (nSPS) is 11.6. The van der Waals surface area contributed by atoms with Crippen molar-refractivity contribution in [2.45, 2.75) is 11.8 Å². The third-order valence-corrected chi connectivity index (χ3v) is 6.16. The summed E-state index contributed by atoms with van der Waals surface area (Å²) in [7, 11) is -2.44. The molecule has 0 fully saturated rings. The highest BCUT2D eigenvalue weighted by molar-refractivity contribution is 7.89. The van der Waals surface area contributed by atoms with Gasteiger partial charge in [0.15, 0.2) is 0 Å². The van der Waals surface area contributed by atoms with Crippen LogP contribution in [0.4, 0.5) is 5.69 Å². The van der Waals surface area contributed by atoms with Gasteiger partial charge in [0.1, 0.15) is 0 Å². The zero-order chi connectivity index (χ0) is 20.3. The first-order valence-electron chi connectivity index (χ1n) is 8.40. The van der Waals surface area contributed by atoms with E-state index in [2.05, 4.69) is 10.4 Å². The molecular weight excluding hydrogens is 400 g/mol. The van der Waals surface area contributed by atoms with Crippen LogP contribution in [0.2, 0.25) is 5.02 Å². The number of nitrogens with one attached hydrogen (secondary N) is 1. The highest BCUT2D eigenvalue weighted by atomic mass is 35.5. The van der Waals surface area contributed by atoms with Crippen LogP contribution >= 0.6 is 11.6 Å². The van der Waals surface area contributed by atoms with Crippen molar-refractivity contribution >= 4 is 33.2 Å². The van der Waals surface area contributed by atoms with Gasteiger partial charge in [-0.1, -0.05) is 17.7 Å². The summed E-state index contributed by atoms with van der Waals surface area (Å²) in [5.74, 6) is -0.450. The first-order valence-corrected chi connectivity index (χ1v) is 10.2. The number of anilines is 1. The van der Waals surface area contributed by atoms with Gasteiger partial charge in [0, 0.05) is 29.6 Å². The lowest BCUT2D eigenvalue weighted by molar-refractivity contribution is -0.116. The number of rotatable bonds is 6. The lowest BCUT2D eigenvalue weighted by Gasteiger charge is -2.17. The summed E-state index contributed by atoms with van der Waals surface area (Å²) in [4.78, 5) is 12.4. The van der Waals surface area contributed by atoms with E-state index in [0.717, 1.165) is 15.7 Å². The fraction of sp³-hybridized carbons (Fsp3) is 0.158. The number of likely N-dealkylation sites (N-methyl/N-ethyl adjacent to an activating group) is 1. The van der Waals surface area contributed by atoms with E-state index in [4.69, 9.17) is 11.6 Å². The molecule has 0 aliphatic carbocycles. The summed E-state index contributed by atoms with van der Waals surface area (Å²) in [6.07, 6.45) is 1.69. The van der Waals surface area contributed by atoms with Crippen LogP contribution < -0.4 is 5.32 Å². The van der Waals surface area contributed by atoms with Crippen LogP contribution in [0.25, 0.3) is 5.69 Å². The number of carbonyl (C=O) groups excluding carboxylic acids is 1. The van der Waals surface area contributed by atoms with E-state index < -0.39 is 15.9 Å². The van der Waals surface area contributed by atoms with Crippen LogP contribution in [-0.2, 0) is 14.8 Å². The molecule has 28 heavy (non-hydrogen) atoms. The third-order valence-electron chi connectivity index (χ3n) is 4.09. The second-order valence-electron chi connectivity index (χ2n) is 6.20. The number of halogens is 1. The summed E-state index contributed by atoms with van der Waals surface area (Å²) < 4.78 is 27.9. The SMILES string of the molecule is Cc1ccnn1-c1cccc(NC(=O)CN(C)S(=O)(=O)c2ccc(Cl)cc2)c1. The second-order valence-corrected chi connectivity index (χ2v) is 8.68. The van der Waals surface area contributed by atoms with Crippen molar-refractivity contribution in [2.75, 3.05) is 18.9 Å². The number of benzene rings is 2. The predicted octanol–water partition coefficient (Wildman–Crippen LogP) is 3.09. The van der Waals surface area contributed by atoms with Crippen molar-refractivity contribution in [1.82, 2.24) is 14.1 Å². The molecule has 3 rings (SSSR count). The lowest BCUT2D eigenvalue weighted by atomic mass is 10.2. The van der Waals surface area contributed by atoms with Crippen LogP contribution in [0.15, 0.2) is 65.7 Å². The van der Waals surface area contributed by atoms with Crippen LogP contribution in [0.1, 0.15) is 5.69 Å². The molecule has 1 amide bonds. The molecule has 0 radical (unpaired) electrons. The van der Waals surface area contributed by atoms with Crippen LogP contribution in [0.3, 0.4) is 0 Å². The van der Waals surface area contributed by atoms with E-state index in [1.807, 2.05) is 19.1 Å². The van der Waals surface area contributed by atoms with Crippen molar-refractivity contribution in [3.8, 4) is 5.69 Å². The van der Waals surface area contributed by atoms with Gasteiger partial charge < -0.3 is 5.32 Å². The summed E-state index contributed by atoms with van der Waals surface area (Å²) in [5, 5.41) is 7.39. The van der Waals surface area contributed by atoms with E-state index in [0.29, 0.717) is 10.7 Å². The molecule has 9 heteroatoms. The number of sulfonamides is 1. The number of aryl methyl sites for hydroxylation is 1. The first kappa shape index (κ1) is 20.1. The highest BCUT2D eigenvalue weighted by Gasteiger charge is 2.23. The Morgan fingerprint density at radius 2 is 1.89 bits per heavy atom. The first-order chi connectivity index (χ1) is 13.3. The summed E-state index contributed by atoms with van der Waals surface area (Å²) in [5.41, 5.74) is 2.30. The van der Waals surface area contributed by atoms with Crippen LogP contribution in [0, 0.1) is 6.92 Å². The van der Waals surface area contributed by atoms with Gasteiger partial charge in [-0.2, -0.15) is 9.40 Å². The number of amides is 1. The van der Waals surface area contributed by atoms with E-state index in [-0.39, 0.29) is 11.4 Å². The molecule has 3 aromatic rings. The maximum absolute atomic E-state index is 12.6. The number of aromatic nitrogens is 2. The van der Waals surface area contributed by atoms with Crippen molar-refractivity contribution in [3.63, 3.8) is 0 Å². The van der Waals surface area contributed by atoms with E-state index in [9.17, 15) is 13.2 Å². The zero-order valence-electron chi connectivity index (χ0n) is 15.3. The molecular formula is C19H19ClN4O3S. The Kier molecular flexibility index (Phi) is 5.83. The average molecular weight is 419 g/mol. The summed E-state index contributed by atoms with van der Waals surface area (Å²) >= 11 is 5.80. The predicted molar refractivity (Wildman–Crippen MR) is 108 cm³/mol. The van der Waals surface area contributed by atoms with Gasteiger partial charge in [0.2, 0.25) is 15.9 Å². The molecule has 0 bridgehead atoms. The number of hydrogen-bond donors (Lipinski definition) is 1. The Bertz CT molecular complexity index is 1090. The van der Waals surface area contributed by atoms with Crippen LogP contribution in [-0.4, -0.2) is 42.0 Å². The quantitative estimate of drug-likeness (QED) is 0.666. The Balaban J connectivity index is 1.70. The molecule has 0 spiro atoms. The summed E-state index contributed by atoms with van der Waals surface area (Å²) in [6, 6.07) is 14.8. The Morgan fingerprint density at radius 3 is 2.54 bits per heavy atom. The maximum atomic E-state index is 12.6. The molecule has 1 heterocycles. The summed E-state index contributed by atoms with van der Waals surface area (Å²) in [6.45, 7) is 1.60. The Labute approximate surface area is 168 Å².